The molecule has 0 fully saturated rings. The van der Waals surface area contributed by atoms with Crippen LogP contribution in [-0.4, -0.2) is 0 Å². The summed E-state index contributed by atoms with van der Waals surface area (Å²) in [5, 5.41) is 14.8. The van der Waals surface area contributed by atoms with Crippen LogP contribution in [0.3, 0.4) is 0 Å². The van der Waals surface area contributed by atoms with Gasteiger partial charge in [0.15, 0.2) is 0 Å². The molecule has 1 nitrogen and oxygen atoms in total. The maximum Gasteiger partial charge on any atom is 0.0546 e. The molecule has 284 valence electrons. The van der Waals surface area contributed by atoms with Gasteiger partial charge in [-0.3, -0.25) is 0 Å². The highest BCUT2D eigenvalue weighted by Crippen LogP contribution is 2.50. The highest BCUT2D eigenvalue weighted by molar-refractivity contribution is 6.23. The van der Waals surface area contributed by atoms with Crippen LogP contribution in [0.5, 0.6) is 0 Å². The maximum atomic E-state index is 2.53. The minimum Gasteiger partial charge on any atom is -0.309 e. The van der Waals surface area contributed by atoms with E-state index in [-0.39, 0.29) is 0 Å². The van der Waals surface area contributed by atoms with E-state index in [2.05, 4.69) is 241 Å². The minimum atomic E-state index is 1.12. The van der Waals surface area contributed by atoms with E-state index in [1.807, 2.05) is 0 Å². The van der Waals surface area contributed by atoms with Gasteiger partial charge in [0, 0.05) is 16.3 Å². The van der Waals surface area contributed by atoms with Crippen LogP contribution in [0.2, 0.25) is 0 Å². The molecule has 0 radical (unpaired) electrons. The van der Waals surface area contributed by atoms with Gasteiger partial charge in [-0.25, -0.2) is 0 Å². The van der Waals surface area contributed by atoms with Crippen molar-refractivity contribution in [1.29, 1.82) is 0 Å². The van der Waals surface area contributed by atoms with Gasteiger partial charge >= 0.3 is 0 Å². The molecular weight excluding hydrogens is 735 g/mol. The van der Waals surface area contributed by atoms with E-state index in [4.69, 9.17) is 0 Å². The summed E-state index contributed by atoms with van der Waals surface area (Å²) in [6, 6.07) is 87.0. The Morgan fingerprint density at radius 1 is 0.213 bits per heavy atom. The molecule has 0 heterocycles. The van der Waals surface area contributed by atoms with E-state index in [1.165, 1.54) is 86.9 Å². The summed E-state index contributed by atoms with van der Waals surface area (Å²) in [4.78, 5) is 2.53. The van der Waals surface area contributed by atoms with Crippen molar-refractivity contribution >= 4 is 81.7 Å². The monoisotopic (exact) mass is 773 g/mol. The van der Waals surface area contributed by atoms with Gasteiger partial charge in [-0.15, -0.1) is 0 Å². The van der Waals surface area contributed by atoms with Crippen LogP contribution in [0.25, 0.3) is 98.0 Å². The molecule has 0 amide bonds. The number of rotatable bonds is 6. The lowest BCUT2D eigenvalue weighted by atomic mass is 9.84. The van der Waals surface area contributed by atoms with Crippen LogP contribution in [0.15, 0.2) is 237 Å². The molecule has 61 heavy (non-hydrogen) atoms. The molecule has 0 aliphatic rings. The second-order valence-corrected chi connectivity index (χ2v) is 16.0. The Balaban J connectivity index is 1.18. The average Bonchev–Trinajstić information content (AvgIpc) is 3.34. The third-order valence-corrected chi connectivity index (χ3v) is 12.6. The Labute approximate surface area is 355 Å². The number of hydrogen-bond donors (Lipinski definition) is 0. The molecule has 0 aliphatic carbocycles. The lowest BCUT2D eigenvalue weighted by molar-refractivity contribution is 1.32. The van der Waals surface area contributed by atoms with Gasteiger partial charge in [-0.2, -0.15) is 0 Å². The van der Waals surface area contributed by atoms with Gasteiger partial charge in [0.05, 0.1) is 17.1 Å². The Hall–Kier alpha value is -8.00. The molecule has 0 saturated heterocycles. The first-order chi connectivity index (χ1) is 30.3. The Bertz CT molecular complexity index is 3640. The quantitative estimate of drug-likeness (QED) is 0.152. The fourth-order valence-electron chi connectivity index (χ4n) is 9.91. The molecule has 12 aromatic carbocycles. The van der Waals surface area contributed by atoms with Crippen LogP contribution in [-0.2, 0) is 0 Å². The second-order valence-electron chi connectivity index (χ2n) is 16.0. The Kier molecular flexibility index (Phi) is 8.25. The molecular formula is C60H39N. The summed E-state index contributed by atoms with van der Waals surface area (Å²) in [6.45, 7) is 0. The number of fused-ring (bicyclic) bond motifs is 9. The van der Waals surface area contributed by atoms with Crippen LogP contribution in [0.4, 0.5) is 17.1 Å². The van der Waals surface area contributed by atoms with E-state index < -0.39 is 0 Å². The second kappa shape index (κ2) is 14.4. The van der Waals surface area contributed by atoms with Crippen LogP contribution < -0.4 is 4.90 Å². The van der Waals surface area contributed by atoms with E-state index in [0.29, 0.717) is 0 Å². The largest absolute Gasteiger partial charge is 0.309 e. The zero-order chi connectivity index (χ0) is 40.3. The van der Waals surface area contributed by atoms with Gasteiger partial charge in [-0.1, -0.05) is 212 Å². The zero-order valence-corrected chi connectivity index (χ0v) is 33.5. The third kappa shape index (κ3) is 5.70. The predicted octanol–water partition coefficient (Wildman–Crippen LogP) is 17.1. The summed E-state index contributed by atoms with van der Waals surface area (Å²) in [6.07, 6.45) is 0. The van der Waals surface area contributed by atoms with E-state index >= 15 is 0 Å². The fourth-order valence-corrected chi connectivity index (χ4v) is 9.91. The summed E-state index contributed by atoms with van der Waals surface area (Å²) in [5.41, 5.74) is 10.6. The molecule has 1 heteroatoms. The SMILES string of the molecule is c1ccc(-c2c(-c3ccccc3)c3cc(-c4ccccc4N(c4cccc5c4ccc4ccccc45)c4cc5ccccc5c5ccccc45)ccc3c3ccccc23)cc1. The van der Waals surface area contributed by atoms with Gasteiger partial charge in [0.25, 0.3) is 0 Å². The van der Waals surface area contributed by atoms with Crippen molar-refractivity contribution in [2.75, 3.05) is 4.90 Å². The molecule has 0 saturated carbocycles. The fraction of sp³-hybridized carbons (Fsp3) is 0. The van der Waals surface area contributed by atoms with Crippen molar-refractivity contribution in [3.05, 3.63) is 237 Å². The third-order valence-electron chi connectivity index (χ3n) is 12.6. The summed E-state index contributed by atoms with van der Waals surface area (Å²) < 4.78 is 0. The number of para-hydroxylation sites is 1. The molecule has 0 aromatic heterocycles. The van der Waals surface area contributed by atoms with Gasteiger partial charge in [0.1, 0.15) is 0 Å². The van der Waals surface area contributed by atoms with Crippen LogP contribution in [0.1, 0.15) is 0 Å². The Morgan fingerprint density at radius 3 is 1.39 bits per heavy atom. The first-order valence-electron chi connectivity index (χ1n) is 21.1. The van der Waals surface area contributed by atoms with Crippen molar-refractivity contribution in [3.63, 3.8) is 0 Å². The minimum absolute atomic E-state index is 1.12. The molecule has 12 aromatic rings. The molecule has 0 bridgehead atoms. The number of hydrogen-bond acceptors (Lipinski definition) is 1. The van der Waals surface area contributed by atoms with E-state index in [0.717, 1.165) is 28.2 Å². The molecule has 12 rings (SSSR count). The average molecular weight is 774 g/mol. The molecule has 0 N–H and O–H groups in total. The lowest BCUT2D eigenvalue weighted by Gasteiger charge is -2.31. The van der Waals surface area contributed by atoms with Gasteiger partial charge in [0.2, 0.25) is 0 Å². The molecule has 0 aliphatic heterocycles. The predicted molar refractivity (Wildman–Crippen MR) is 262 cm³/mol. The molecule has 0 unspecified atom stereocenters. The van der Waals surface area contributed by atoms with Gasteiger partial charge < -0.3 is 4.90 Å². The van der Waals surface area contributed by atoms with Crippen LogP contribution >= 0.6 is 0 Å². The van der Waals surface area contributed by atoms with Crippen LogP contribution in [0, 0.1) is 0 Å². The number of anilines is 3. The summed E-state index contributed by atoms with van der Waals surface area (Å²) in [7, 11) is 0. The smallest absolute Gasteiger partial charge is 0.0546 e. The van der Waals surface area contributed by atoms with Crippen molar-refractivity contribution in [3.8, 4) is 33.4 Å². The number of benzene rings is 12. The highest BCUT2D eigenvalue weighted by Gasteiger charge is 2.24. The normalized spacial score (nSPS) is 11.6. The van der Waals surface area contributed by atoms with E-state index in [1.54, 1.807) is 0 Å². The summed E-state index contributed by atoms with van der Waals surface area (Å²) >= 11 is 0. The molecule has 0 atom stereocenters. The molecule has 0 spiro atoms. The summed E-state index contributed by atoms with van der Waals surface area (Å²) in [5.74, 6) is 0. The highest BCUT2D eigenvalue weighted by atomic mass is 15.1. The van der Waals surface area contributed by atoms with Crippen molar-refractivity contribution in [2.24, 2.45) is 0 Å². The standard InChI is InChI=1S/C60H39N/c1-3-19-41(20-4-1)59-54-30-14-12-28-50(54)51-36-35-44(38-55(51)60(59)42-21-5-2-6-22-42)47-26-15-16-32-56(47)61(57-33-17-31-49-45-24-9-7-18-40(45)34-37-53(49)57)58-39-43-23-8-10-25-46(43)48-27-11-13-29-52(48)58/h1-39H. The first-order valence-corrected chi connectivity index (χ1v) is 21.1. The maximum absolute atomic E-state index is 2.53. The number of nitrogens with zero attached hydrogens (tertiary/aromatic N) is 1. The van der Waals surface area contributed by atoms with Crippen molar-refractivity contribution in [2.45, 2.75) is 0 Å². The zero-order valence-electron chi connectivity index (χ0n) is 33.5. The van der Waals surface area contributed by atoms with Crippen molar-refractivity contribution in [1.82, 2.24) is 0 Å². The van der Waals surface area contributed by atoms with E-state index in [9.17, 15) is 0 Å². The lowest BCUT2D eigenvalue weighted by Crippen LogP contribution is -2.12. The first kappa shape index (κ1) is 35.0. The Morgan fingerprint density at radius 2 is 0.672 bits per heavy atom. The topological polar surface area (TPSA) is 3.24 Å². The van der Waals surface area contributed by atoms with Crippen molar-refractivity contribution < 1.29 is 0 Å². The van der Waals surface area contributed by atoms with Gasteiger partial charge in [-0.05, 0) is 106 Å².